The van der Waals surface area contributed by atoms with Crippen LogP contribution in [0.5, 0.6) is 0 Å². The predicted molar refractivity (Wildman–Crippen MR) is 60.3 cm³/mol. The lowest BCUT2D eigenvalue weighted by Gasteiger charge is -2.05. The molecular weight excluding hydrogens is 196 g/mol. The van der Waals surface area contributed by atoms with Crippen molar-refractivity contribution in [2.45, 2.75) is 20.8 Å². The van der Waals surface area contributed by atoms with Crippen LogP contribution in [0, 0.1) is 12.8 Å². The predicted octanol–water partition coefficient (Wildman–Crippen LogP) is 2.36. The Labute approximate surface area is 88.8 Å². The van der Waals surface area contributed by atoms with Crippen molar-refractivity contribution in [3.8, 4) is 0 Å². The molecule has 0 atom stereocenters. The molecule has 0 aliphatic carbocycles. The molecule has 0 N–H and O–H groups in total. The van der Waals surface area contributed by atoms with Crippen LogP contribution in [0.1, 0.15) is 29.2 Å². The van der Waals surface area contributed by atoms with E-state index in [-0.39, 0.29) is 11.7 Å². The number of rotatable bonds is 3. The quantitative estimate of drug-likeness (QED) is 0.721. The standard InChI is InChI=1S/C10H16N2OS/c1-6(2)8(13)9-7(3)11-10(14-9)12(4)5/h6H,1-5H3. The van der Waals surface area contributed by atoms with Gasteiger partial charge in [-0.25, -0.2) is 4.98 Å². The van der Waals surface area contributed by atoms with Gasteiger partial charge in [-0.1, -0.05) is 25.2 Å². The lowest BCUT2D eigenvalue weighted by atomic mass is 10.1. The summed E-state index contributed by atoms with van der Waals surface area (Å²) in [7, 11) is 3.86. The van der Waals surface area contributed by atoms with Crippen molar-refractivity contribution in [1.82, 2.24) is 4.98 Å². The van der Waals surface area contributed by atoms with Gasteiger partial charge in [-0.2, -0.15) is 0 Å². The molecule has 1 aromatic rings. The van der Waals surface area contributed by atoms with Gasteiger partial charge in [0.1, 0.15) is 0 Å². The molecule has 1 aromatic heterocycles. The molecule has 0 amide bonds. The van der Waals surface area contributed by atoms with Crippen molar-refractivity contribution in [2.24, 2.45) is 5.92 Å². The summed E-state index contributed by atoms with van der Waals surface area (Å²) >= 11 is 1.47. The molecule has 14 heavy (non-hydrogen) atoms. The molecule has 3 nitrogen and oxygen atoms in total. The summed E-state index contributed by atoms with van der Waals surface area (Å²) in [5.41, 5.74) is 0.845. The van der Waals surface area contributed by atoms with Crippen LogP contribution in [-0.4, -0.2) is 24.9 Å². The van der Waals surface area contributed by atoms with Crippen molar-refractivity contribution in [1.29, 1.82) is 0 Å². The Morgan fingerprint density at radius 2 is 2.00 bits per heavy atom. The highest BCUT2D eigenvalue weighted by molar-refractivity contribution is 7.17. The highest BCUT2D eigenvalue weighted by atomic mass is 32.1. The molecule has 0 bridgehead atoms. The van der Waals surface area contributed by atoms with E-state index >= 15 is 0 Å². The smallest absolute Gasteiger partial charge is 0.185 e. The maximum atomic E-state index is 11.8. The van der Waals surface area contributed by atoms with Gasteiger partial charge in [0.05, 0.1) is 10.6 Å². The Hall–Kier alpha value is -0.900. The molecule has 0 aromatic carbocycles. The van der Waals surface area contributed by atoms with Crippen LogP contribution >= 0.6 is 11.3 Å². The summed E-state index contributed by atoms with van der Waals surface area (Å²) < 4.78 is 0. The summed E-state index contributed by atoms with van der Waals surface area (Å²) in [6.45, 7) is 5.72. The monoisotopic (exact) mass is 212 g/mol. The number of aryl methyl sites for hydroxylation is 1. The van der Waals surface area contributed by atoms with Gasteiger partial charge in [-0.3, -0.25) is 4.79 Å². The third kappa shape index (κ3) is 2.12. The molecule has 0 aliphatic rings. The summed E-state index contributed by atoms with van der Waals surface area (Å²) in [6.07, 6.45) is 0. The topological polar surface area (TPSA) is 33.2 Å². The summed E-state index contributed by atoms with van der Waals surface area (Å²) in [5.74, 6) is 0.234. The van der Waals surface area contributed by atoms with Gasteiger partial charge >= 0.3 is 0 Å². The Morgan fingerprint density at radius 1 is 1.43 bits per heavy atom. The molecule has 1 rings (SSSR count). The van der Waals surface area contributed by atoms with Crippen molar-refractivity contribution in [3.05, 3.63) is 10.6 Å². The molecule has 78 valence electrons. The third-order valence-electron chi connectivity index (χ3n) is 1.92. The Kier molecular flexibility index (Phi) is 3.26. The van der Waals surface area contributed by atoms with Crippen LogP contribution in [0.2, 0.25) is 0 Å². The van der Waals surface area contributed by atoms with Crippen molar-refractivity contribution < 1.29 is 4.79 Å². The number of thiazole rings is 1. The molecule has 0 unspecified atom stereocenters. The number of hydrogen-bond acceptors (Lipinski definition) is 4. The van der Waals surface area contributed by atoms with Gasteiger partial charge in [-0.15, -0.1) is 0 Å². The number of hydrogen-bond donors (Lipinski definition) is 0. The third-order valence-corrected chi connectivity index (χ3v) is 3.26. The largest absolute Gasteiger partial charge is 0.354 e. The first-order valence-corrected chi connectivity index (χ1v) is 5.44. The summed E-state index contributed by atoms with van der Waals surface area (Å²) in [4.78, 5) is 18.8. The number of ketones is 1. The van der Waals surface area contributed by atoms with E-state index in [1.807, 2.05) is 39.8 Å². The van der Waals surface area contributed by atoms with E-state index in [2.05, 4.69) is 4.98 Å². The lowest BCUT2D eigenvalue weighted by molar-refractivity contribution is 0.0942. The minimum absolute atomic E-state index is 0.0455. The maximum absolute atomic E-state index is 11.8. The fraction of sp³-hybridized carbons (Fsp3) is 0.600. The van der Waals surface area contributed by atoms with E-state index in [9.17, 15) is 4.79 Å². The average Bonchev–Trinajstić information content (AvgIpc) is 2.46. The minimum atomic E-state index is 0.0455. The highest BCUT2D eigenvalue weighted by Crippen LogP contribution is 2.26. The first-order valence-electron chi connectivity index (χ1n) is 4.62. The minimum Gasteiger partial charge on any atom is -0.354 e. The fourth-order valence-corrected chi connectivity index (χ4v) is 2.14. The first-order chi connectivity index (χ1) is 6.43. The van der Waals surface area contributed by atoms with Gasteiger partial charge in [-0.05, 0) is 6.92 Å². The van der Waals surface area contributed by atoms with Gasteiger partial charge in [0.25, 0.3) is 0 Å². The van der Waals surface area contributed by atoms with E-state index in [0.29, 0.717) is 0 Å². The van der Waals surface area contributed by atoms with Gasteiger partial charge < -0.3 is 4.90 Å². The number of carbonyl (C=O) groups excluding carboxylic acids is 1. The zero-order valence-corrected chi connectivity index (χ0v) is 10.1. The second-order valence-electron chi connectivity index (χ2n) is 3.82. The SMILES string of the molecule is Cc1nc(N(C)C)sc1C(=O)C(C)C. The molecule has 0 aliphatic heterocycles. The number of aromatic nitrogens is 1. The molecule has 1 heterocycles. The molecule has 0 spiro atoms. The zero-order valence-electron chi connectivity index (χ0n) is 9.29. The van der Waals surface area contributed by atoms with E-state index in [1.165, 1.54) is 11.3 Å². The van der Waals surface area contributed by atoms with Crippen LogP contribution < -0.4 is 4.90 Å². The van der Waals surface area contributed by atoms with Crippen LogP contribution in [0.3, 0.4) is 0 Å². The Bertz CT molecular complexity index is 342. The number of carbonyl (C=O) groups is 1. The summed E-state index contributed by atoms with van der Waals surface area (Å²) in [5, 5.41) is 0.895. The molecule has 4 heteroatoms. The Balaban J connectivity index is 3.04. The Morgan fingerprint density at radius 3 is 2.36 bits per heavy atom. The first kappa shape index (κ1) is 11.2. The van der Waals surface area contributed by atoms with Gasteiger partial charge in [0.2, 0.25) is 0 Å². The van der Waals surface area contributed by atoms with Crippen LogP contribution in [-0.2, 0) is 0 Å². The van der Waals surface area contributed by atoms with E-state index in [4.69, 9.17) is 0 Å². The van der Waals surface area contributed by atoms with Crippen LogP contribution in [0.4, 0.5) is 5.13 Å². The fourth-order valence-electron chi connectivity index (χ4n) is 1.06. The number of nitrogens with zero attached hydrogens (tertiary/aromatic N) is 2. The van der Waals surface area contributed by atoms with E-state index in [0.717, 1.165) is 15.7 Å². The highest BCUT2D eigenvalue weighted by Gasteiger charge is 2.18. The van der Waals surface area contributed by atoms with Crippen molar-refractivity contribution in [2.75, 3.05) is 19.0 Å². The molecular formula is C10H16N2OS. The number of anilines is 1. The van der Waals surface area contributed by atoms with Gasteiger partial charge in [0, 0.05) is 20.0 Å². The van der Waals surface area contributed by atoms with E-state index < -0.39 is 0 Å². The molecule has 0 saturated heterocycles. The maximum Gasteiger partial charge on any atom is 0.185 e. The summed E-state index contributed by atoms with van der Waals surface area (Å²) in [6, 6.07) is 0. The second-order valence-corrected chi connectivity index (χ2v) is 4.80. The van der Waals surface area contributed by atoms with Crippen molar-refractivity contribution >= 4 is 22.3 Å². The molecule has 0 fully saturated rings. The average molecular weight is 212 g/mol. The molecule has 0 radical (unpaired) electrons. The van der Waals surface area contributed by atoms with Crippen LogP contribution in [0.25, 0.3) is 0 Å². The van der Waals surface area contributed by atoms with Crippen molar-refractivity contribution in [3.63, 3.8) is 0 Å². The second kappa shape index (κ2) is 4.09. The zero-order chi connectivity index (χ0) is 10.9. The lowest BCUT2D eigenvalue weighted by Crippen LogP contribution is -2.07. The number of Topliss-reactive ketones (excluding diaryl/α,β-unsaturated/α-hetero) is 1. The van der Waals surface area contributed by atoms with E-state index in [1.54, 1.807) is 0 Å². The van der Waals surface area contributed by atoms with Gasteiger partial charge in [0.15, 0.2) is 10.9 Å². The molecule has 0 saturated carbocycles. The normalized spacial score (nSPS) is 10.7. The van der Waals surface area contributed by atoms with Crippen LogP contribution in [0.15, 0.2) is 0 Å².